The lowest BCUT2D eigenvalue weighted by atomic mass is 10.1. The number of unbranched alkanes of at least 4 members (excludes halogenated alkanes) is 1. The third kappa shape index (κ3) is 4.33. The molecule has 1 heterocycles. The molecule has 4 nitrogen and oxygen atoms in total. The van der Waals surface area contributed by atoms with Crippen molar-refractivity contribution in [2.75, 3.05) is 6.54 Å². The standard InChI is InChI=1S/C17H23NO3/c1-2-3-5-10-15-16(19)11-12-18(15)17(20)21-13-14-8-6-4-7-9-14/h4-10,15-16,19H,2-3,11-13H2,1H3/b10-5+/t15-,16-/m1/s1. The van der Waals surface area contributed by atoms with E-state index >= 15 is 0 Å². The Bertz CT molecular complexity index is 472. The zero-order valence-corrected chi connectivity index (χ0v) is 12.4. The van der Waals surface area contributed by atoms with E-state index in [2.05, 4.69) is 6.92 Å². The van der Waals surface area contributed by atoms with Crippen molar-refractivity contribution in [2.24, 2.45) is 0 Å². The summed E-state index contributed by atoms with van der Waals surface area (Å²) in [7, 11) is 0. The highest BCUT2D eigenvalue weighted by Gasteiger charge is 2.35. The highest BCUT2D eigenvalue weighted by Crippen LogP contribution is 2.21. The summed E-state index contributed by atoms with van der Waals surface area (Å²) in [6, 6.07) is 9.34. The number of carbonyl (C=O) groups is 1. The fourth-order valence-corrected chi connectivity index (χ4v) is 2.45. The number of carbonyl (C=O) groups excluding carboxylic acids is 1. The van der Waals surface area contributed by atoms with Gasteiger partial charge in [-0.25, -0.2) is 4.79 Å². The van der Waals surface area contributed by atoms with Gasteiger partial charge in [-0.05, 0) is 18.4 Å². The van der Waals surface area contributed by atoms with E-state index in [1.807, 2.05) is 42.5 Å². The molecule has 0 spiro atoms. The molecule has 1 aromatic rings. The van der Waals surface area contributed by atoms with Crippen LogP contribution in [0.1, 0.15) is 31.7 Å². The largest absolute Gasteiger partial charge is 0.445 e. The van der Waals surface area contributed by atoms with Crippen molar-refractivity contribution in [1.82, 2.24) is 4.90 Å². The molecule has 1 saturated heterocycles. The second kappa shape index (κ2) is 7.84. The van der Waals surface area contributed by atoms with Gasteiger partial charge in [-0.15, -0.1) is 0 Å². The number of benzene rings is 1. The van der Waals surface area contributed by atoms with E-state index in [0.717, 1.165) is 18.4 Å². The summed E-state index contributed by atoms with van der Waals surface area (Å²) in [5, 5.41) is 9.99. The molecule has 2 atom stereocenters. The summed E-state index contributed by atoms with van der Waals surface area (Å²) in [4.78, 5) is 13.8. The number of allylic oxidation sites excluding steroid dienone is 1. The van der Waals surface area contributed by atoms with Gasteiger partial charge in [0, 0.05) is 6.54 Å². The number of aliphatic hydroxyl groups excluding tert-OH is 1. The Morgan fingerprint density at radius 1 is 1.43 bits per heavy atom. The molecule has 2 rings (SSSR count). The molecular formula is C17H23NO3. The third-order valence-corrected chi connectivity index (χ3v) is 3.65. The van der Waals surface area contributed by atoms with Gasteiger partial charge in [-0.3, -0.25) is 4.90 Å². The Kier molecular flexibility index (Phi) is 5.81. The van der Waals surface area contributed by atoms with E-state index in [9.17, 15) is 9.90 Å². The normalized spacial score (nSPS) is 21.9. The second-order valence-electron chi connectivity index (χ2n) is 5.30. The minimum absolute atomic E-state index is 0.262. The van der Waals surface area contributed by atoms with Crippen LogP contribution in [-0.2, 0) is 11.3 Å². The van der Waals surface area contributed by atoms with Crippen molar-refractivity contribution >= 4 is 6.09 Å². The Morgan fingerprint density at radius 3 is 2.90 bits per heavy atom. The Labute approximate surface area is 126 Å². The van der Waals surface area contributed by atoms with Crippen molar-refractivity contribution in [3.05, 3.63) is 48.0 Å². The van der Waals surface area contributed by atoms with E-state index in [1.165, 1.54) is 0 Å². The minimum Gasteiger partial charge on any atom is -0.445 e. The SMILES string of the molecule is CCC/C=C/[C@@H]1[C@H](O)CCN1C(=O)OCc1ccccc1. The van der Waals surface area contributed by atoms with Gasteiger partial charge >= 0.3 is 6.09 Å². The first kappa shape index (κ1) is 15.6. The highest BCUT2D eigenvalue weighted by atomic mass is 16.6. The molecule has 1 N–H and O–H groups in total. The van der Waals surface area contributed by atoms with Crippen LogP contribution in [0.5, 0.6) is 0 Å². The maximum absolute atomic E-state index is 12.2. The summed E-state index contributed by atoms with van der Waals surface area (Å²) in [5.74, 6) is 0. The number of nitrogens with zero attached hydrogens (tertiary/aromatic N) is 1. The predicted molar refractivity (Wildman–Crippen MR) is 81.8 cm³/mol. The molecule has 1 amide bonds. The van der Waals surface area contributed by atoms with Crippen LogP contribution in [-0.4, -0.2) is 34.8 Å². The first-order valence-corrected chi connectivity index (χ1v) is 7.54. The lowest BCUT2D eigenvalue weighted by Crippen LogP contribution is -2.38. The first-order chi connectivity index (χ1) is 10.2. The zero-order valence-electron chi connectivity index (χ0n) is 12.4. The van der Waals surface area contributed by atoms with E-state index in [0.29, 0.717) is 13.0 Å². The summed E-state index contributed by atoms with van der Waals surface area (Å²) in [6.07, 6.45) is 5.70. The molecule has 0 bridgehead atoms. The summed E-state index contributed by atoms with van der Waals surface area (Å²) in [5.41, 5.74) is 0.962. The smallest absolute Gasteiger partial charge is 0.410 e. The molecule has 114 valence electrons. The molecule has 1 aromatic carbocycles. The second-order valence-corrected chi connectivity index (χ2v) is 5.30. The van der Waals surface area contributed by atoms with Gasteiger partial charge in [0.2, 0.25) is 0 Å². The number of ether oxygens (including phenoxy) is 1. The Morgan fingerprint density at radius 2 is 2.19 bits per heavy atom. The molecule has 0 aromatic heterocycles. The lowest BCUT2D eigenvalue weighted by Gasteiger charge is -2.23. The topological polar surface area (TPSA) is 49.8 Å². The molecule has 1 fully saturated rings. The Balaban J connectivity index is 1.91. The predicted octanol–water partition coefficient (Wildman–Crippen LogP) is 3.11. The number of rotatable bonds is 5. The number of hydrogen-bond acceptors (Lipinski definition) is 3. The number of likely N-dealkylation sites (tertiary alicyclic amines) is 1. The van der Waals surface area contributed by atoms with Gasteiger partial charge in [0.05, 0.1) is 12.1 Å². The van der Waals surface area contributed by atoms with E-state index in [1.54, 1.807) is 4.90 Å². The van der Waals surface area contributed by atoms with E-state index in [-0.39, 0.29) is 18.7 Å². The maximum Gasteiger partial charge on any atom is 0.410 e. The van der Waals surface area contributed by atoms with Gasteiger partial charge < -0.3 is 9.84 Å². The molecule has 4 heteroatoms. The van der Waals surface area contributed by atoms with Crippen LogP contribution in [0, 0.1) is 0 Å². The Hall–Kier alpha value is -1.81. The lowest BCUT2D eigenvalue weighted by molar-refractivity contribution is 0.0833. The summed E-state index contributed by atoms with van der Waals surface area (Å²) in [6.45, 7) is 2.90. The zero-order chi connectivity index (χ0) is 15.1. The maximum atomic E-state index is 12.2. The summed E-state index contributed by atoms with van der Waals surface area (Å²) < 4.78 is 5.34. The van der Waals surface area contributed by atoms with Crippen LogP contribution < -0.4 is 0 Å². The fraction of sp³-hybridized carbons (Fsp3) is 0.471. The van der Waals surface area contributed by atoms with Crippen LogP contribution in [0.3, 0.4) is 0 Å². The number of amides is 1. The number of aliphatic hydroxyl groups is 1. The summed E-state index contributed by atoms with van der Waals surface area (Å²) >= 11 is 0. The van der Waals surface area contributed by atoms with Gasteiger partial charge in [-0.2, -0.15) is 0 Å². The minimum atomic E-state index is -0.498. The fourth-order valence-electron chi connectivity index (χ4n) is 2.45. The molecule has 0 aliphatic carbocycles. The third-order valence-electron chi connectivity index (χ3n) is 3.65. The number of hydrogen-bond donors (Lipinski definition) is 1. The van der Waals surface area contributed by atoms with Crippen molar-refractivity contribution in [1.29, 1.82) is 0 Å². The van der Waals surface area contributed by atoms with Crippen LogP contribution in [0.25, 0.3) is 0 Å². The van der Waals surface area contributed by atoms with E-state index < -0.39 is 6.10 Å². The monoisotopic (exact) mass is 289 g/mol. The molecule has 1 aliphatic rings. The quantitative estimate of drug-likeness (QED) is 0.847. The van der Waals surface area contributed by atoms with Gasteiger partial charge in [0.1, 0.15) is 6.61 Å². The average Bonchev–Trinajstić information content (AvgIpc) is 2.87. The van der Waals surface area contributed by atoms with Gasteiger partial charge in [0.25, 0.3) is 0 Å². The molecule has 1 aliphatic heterocycles. The van der Waals surface area contributed by atoms with Crippen molar-refractivity contribution in [3.63, 3.8) is 0 Å². The molecule has 0 unspecified atom stereocenters. The van der Waals surface area contributed by atoms with Crippen LogP contribution >= 0.6 is 0 Å². The van der Waals surface area contributed by atoms with Crippen LogP contribution in [0.15, 0.2) is 42.5 Å². The van der Waals surface area contributed by atoms with Crippen LogP contribution in [0.2, 0.25) is 0 Å². The van der Waals surface area contributed by atoms with Crippen LogP contribution in [0.4, 0.5) is 4.79 Å². The average molecular weight is 289 g/mol. The van der Waals surface area contributed by atoms with Crippen molar-refractivity contribution in [3.8, 4) is 0 Å². The molecular weight excluding hydrogens is 266 g/mol. The van der Waals surface area contributed by atoms with Crippen molar-refractivity contribution in [2.45, 2.75) is 44.9 Å². The first-order valence-electron chi connectivity index (χ1n) is 7.54. The molecule has 21 heavy (non-hydrogen) atoms. The van der Waals surface area contributed by atoms with Gasteiger partial charge in [0.15, 0.2) is 0 Å². The highest BCUT2D eigenvalue weighted by molar-refractivity contribution is 5.69. The van der Waals surface area contributed by atoms with E-state index in [4.69, 9.17) is 4.74 Å². The molecule has 0 radical (unpaired) electrons. The van der Waals surface area contributed by atoms with Gasteiger partial charge in [-0.1, -0.05) is 55.8 Å². The van der Waals surface area contributed by atoms with Crippen molar-refractivity contribution < 1.29 is 14.6 Å². The molecule has 0 saturated carbocycles.